The van der Waals surface area contributed by atoms with Crippen molar-refractivity contribution in [3.63, 3.8) is 0 Å². The number of methoxy groups -OCH3 is 1. The van der Waals surface area contributed by atoms with Crippen LogP contribution in [-0.4, -0.2) is 50.5 Å². The average molecular weight is 307 g/mol. The summed E-state index contributed by atoms with van der Waals surface area (Å²) >= 11 is 0. The van der Waals surface area contributed by atoms with Gasteiger partial charge in [-0.15, -0.1) is 0 Å². The first kappa shape index (κ1) is 15.1. The Morgan fingerprint density at radius 2 is 2.05 bits per heavy atom. The number of ether oxygens (including phenoxy) is 4. The molecule has 2 heterocycles. The first-order valence-electron chi connectivity index (χ1n) is 7.52. The van der Waals surface area contributed by atoms with Crippen molar-refractivity contribution in [3.05, 3.63) is 23.3 Å². The molecule has 0 aromatic heterocycles. The topological polar surface area (TPSA) is 57.2 Å². The van der Waals surface area contributed by atoms with E-state index in [2.05, 4.69) is 4.90 Å². The summed E-state index contributed by atoms with van der Waals surface area (Å²) in [6.07, 6.45) is 0.215. The van der Waals surface area contributed by atoms with Crippen LogP contribution >= 0.6 is 0 Å². The van der Waals surface area contributed by atoms with Crippen molar-refractivity contribution >= 4 is 5.97 Å². The predicted octanol–water partition coefficient (Wildman–Crippen LogP) is 1.35. The Bertz CT molecular complexity index is 554. The number of carbonyl (C=O) groups excluding carboxylic acids is 1. The van der Waals surface area contributed by atoms with Gasteiger partial charge in [-0.05, 0) is 18.6 Å². The Kier molecular flexibility index (Phi) is 4.49. The number of cyclic esters (lactones) is 1. The van der Waals surface area contributed by atoms with Crippen molar-refractivity contribution in [1.29, 1.82) is 0 Å². The molecule has 2 aliphatic rings. The maximum Gasteiger partial charge on any atom is 0.310 e. The molecule has 3 rings (SSSR count). The zero-order chi connectivity index (χ0) is 15.5. The highest BCUT2D eigenvalue weighted by atomic mass is 16.5. The lowest BCUT2D eigenvalue weighted by Crippen LogP contribution is -2.44. The Labute approximate surface area is 129 Å². The molecular weight excluding hydrogens is 286 g/mol. The molecule has 2 aliphatic heterocycles. The largest absolute Gasteiger partial charge is 0.492 e. The molecule has 6 nitrogen and oxygen atoms in total. The van der Waals surface area contributed by atoms with Gasteiger partial charge >= 0.3 is 5.97 Å². The predicted molar refractivity (Wildman–Crippen MR) is 79.0 cm³/mol. The van der Waals surface area contributed by atoms with Crippen LogP contribution in [-0.2, 0) is 27.3 Å². The number of carbonyl (C=O) groups is 1. The van der Waals surface area contributed by atoms with Gasteiger partial charge in [-0.3, -0.25) is 9.69 Å². The molecule has 120 valence electrons. The Morgan fingerprint density at radius 1 is 1.27 bits per heavy atom. The van der Waals surface area contributed by atoms with Crippen molar-refractivity contribution in [3.8, 4) is 11.5 Å². The van der Waals surface area contributed by atoms with Gasteiger partial charge in [0, 0.05) is 18.7 Å². The van der Waals surface area contributed by atoms with Gasteiger partial charge in [0.2, 0.25) is 0 Å². The van der Waals surface area contributed by atoms with Gasteiger partial charge in [0.05, 0.1) is 26.7 Å². The first-order valence-corrected chi connectivity index (χ1v) is 7.52. The molecule has 1 atom stereocenters. The maximum atomic E-state index is 11.4. The second kappa shape index (κ2) is 6.54. The van der Waals surface area contributed by atoms with Crippen LogP contribution in [0.5, 0.6) is 11.5 Å². The van der Waals surface area contributed by atoms with Crippen LogP contribution in [0.2, 0.25) is 0 Å². The zero-order valence-corrected chi connectivity index (χ0v) is 13.0. The minimum absolute atomic E-state index is 0.0676. The van der Waals surface area contributed by atoms with Crippen LogP contribution in [0, 0.1) is 0 Å². The van der Waals surface area contributed by atoms with Crippen molar-refractivity contribution < 1.29 is 23.7 Å². The van der Waals surface area contributed by atoms with E-state index in [1.54, 1.807) is 7.11 Å². The van der Waals surface area contributed by atoms with E-state index >= 15 is 0 Å². The van der Waals surface area contributed by atoms with E-state index in [-0.39, 0.29) is 25.2 Å². The number of rotatable bonds is 4. The summed E-state index contributed by atoms with van der Waals surface area (Å²) < 4.78 is 22.1. The summed E-state index contributed by atoms with van der Waals surface area (Å²) in [6.45, 7) is 5.42. The number of hydrogen-bond donors (Lipinski definition) is 0. The smallest absolute Gasteiger partial charge is 0.310 e. The first-order chi connectivity index (χ1) is 10.7. The fourth-order valence-electron chi connectivity index (χ4n) is 2.85. The van der Waals surface area contributed by atoms with Crippen LogP contribution in [0.4, 0.5) is 0 Å². The molecule has 22 heavy (non-hydrogen) atoms. The van der Waals surface area contributed by atoms with Gasteiger partial charge in [-0.2, -0.15) is 0 Å². The second-order valence-corrected chi connectivity index (χ2v) is 5.44. The van der Waals surface area contributed by atoms with Crippen LogP contribution < -0.4 is 9.47 Å². The van der Waals surface area contributed by atoms with Crippen molar-refractivity contribution in [2.75, 3.05) is 33.4 Å². The van der Waals surface area contributed by atoms with Crippen LogP contribution in [0.1, 0.15) is 18.1 Å². The Morgan fingerprint density at radius 3 is 2.77 bits per heavy atom. The number of nitrogens with zero attached hydrogens (tertiary/aromatic N) is 1. The molecule has 1 aromatic rings. The monoisotopic (exact) mass is 307 g/mol. The highest BCUT2D eigenvalue weighted by molar-refractivity contribution is 5.76. The summed E-state index contributed by atoms with van der Waals surface area (Å²) in [6, 6.07) is 3.78. The van der Waals surface area contributed by atoms with Gasteiger partial charge in [-0.1, -0.05) is 6.07 Å². The van der Waals surface area contributed by atoms with Crippen molar-refractivity contribution in [2.45, 2.75) is 26.2 Å². The highest BCUT2D eigenvalue weighted by Gasteiger charge is 2.25. The molecule has 0 amide bonds. The third-order valence-electron chi connectivity index (χ3n) is 4.10. The Hall–Kier alpha value is -1.79. The molecule has 0 N–H and O–H groups in total. The van der Waals surface area contributed by atoms with E-state index in [1.807, 2.05) is 19.1 Å². The SMILES string of the molecule is COc1c(OC(C)N2CCOCC2)ccc2c1COC(=O)C2. The summed E-state index contributed by atoms with van der Waals surface area (Å²) in [5.74, 6) is 1.13. The van der Waals surface area contributed by atoms with Gasteiger partial charge < -0.3 is 18.9 Å². The quantitative estimate of drug-likeness (QED) is 0.783. The lowest BCUT2D eigenvalue weighted by molar-refractivity contribution is -0.145. The van der Waals surface area contributed by atoms with Crippen molar-refractivity contribution in [2.24, 2.45) is 0 Å². The number of fused-ring (bicyclic) bond motifs is 1. The van der Waals surface area contributed by atoms with Gasteiger partial charge in [0.15, 0.2) is 11.5 Å². The average Bonchev–Trinajstić information content (AvgIpc) is 2.55. The highest BCUT2D eigenvalue weighted by Crippen LogP contribution is 2.37. The Balaban J connectivity index is 1.80. The summed E-state index contributed by atoms with van der Waals surface area (Å²) in [4.78, 5) is 13.6. The normalized spacial score (nSPS) is 20.0. The summed E-state index contributed by atoms with van der Waals surface area (Å²) in [7, 11) is 1.61. The van der Waals surface area contributed by atoms with Crippen LogP contribution in [0.3, 0.4) is 0 Å². The third-order valence-corrected chi connectivity index (χ3v) is 4.10. The molecular formula is C16H21NO5. The molecule has 0 spiro atoms. The molecule has 1 unspecified atom stereocenters. The van der Waals surface area contributed by atoms with E-state index in [0.717, 1.165) is 37.4 Å². The lowest BCUT2D eigenvalue weighted by Gasteiger charge is -2.33. The van der Waals surface area contributed by atoms with Gasteiger partial charge in [0.1, 0.15) is 12.8 Å². The molecule has 0 saturated carbocycles. The van der Waals surface area contributed by atoms with Crippen LogP contribution in [0.25, 0.3) is 0 Å². The van der Waals surface area contributed by atoms with Crippen LogP contribution in [0.15, 0.2) is 12.1 Å². The molecule has 6 heteroatoms. The number of benzene rings is 1. The summed E-state index contributed by atoms with van der Waals surface area (Å²) in [5, 5.41) is 0. The van der Waals surface area contributed by atoms with E-state index in [9.17, 15) is 4.79 Å². The zero-order valence-electron chi connectivity index (χ0n) is 13.0. The molecule has 0 bridgehead atoms. The minimum Gasteiger partial charge on any atom is -0.492 e. The lowest BCUT2D eigenvalue weighted by atomic mass is 10.0. The fourth-order valence-corrected chi connectivity index (χ4v) is 2.85. The number of morpholine rings is 1. The number of hydrogen-bond acceptors (Lipinski definition) is 6. The molecule has 0 radical (unpaired) electrons. The second-order valence-electron chi connectivity index (χ2n) is 5.44. The van der Waals surface area contributed by atoms with Gasteiger partial charge in [0.25, 0.3) is 0 Å². The minimum atomic E-state index is -0.204. The van der Waals surface area contributed by atoms with E-state index in [4.69, 9.17) is 18.9 Å². The maximum absolute atomic E-state index is 11.4. The van der Waals surface area contributed by atoms with E-state index in [0.29, 0.717) is 11.5 Å². The molecule has 1 aromatic carbocycles. The van der Waals surface area contributed by atoms with E-state index < -0.39 is 0 Å². The van der Waals surface area contributed by atoms with Gasteiger partial charge in [-0.25, -0.2) is 0 Å². The molecule has 0 aliphatic carbocycles. The molecule has 1 saturated heterocycles. The van der Waals surface area contributed by atoms with E-state index in [1.165, 1.54) is 0 Å². The third kappa shape index (κ3) is 3.03. The van der Waals surface area contributed by atoms with Crippen molar-refractivity contribution in [1.82, 2.24) is 4.90 Å². The summed E-state index contributed by atoms with van der Waals surface area (Å²) in [5.41, 5.74) is 1.84. The molecule has 1 fully saturated rings. The standard InChI is InChI=1S/C16H21NO5/c1-11(17-5-7-20-8-6-17)22-14-4-3-12-9-15(18)21-10-13(12)16(14)19-2/h3-4,11H,5-10H2,1-2H3. The fraction of sp³-hybridized carbons (Fsp3) is 0.562. The number of esters is 1.